The number of rotatable bonds is 5. The van der Waals surface area contributed by atoms with E-state index in [2.05, 4.69) is 26.1 Å². The van der Waals surface area contributed by atoms with Gasteiger partial charge in [-0.3, -0.25) is 0 Å². The van der Waals surface area contributed by atoms with Gasteiger partial charge in [-0.05, 0) is 45.1 Å². The van der Waals surface area contributed by atoms with Crippen molar-refractivity contribution in [1.29, 1.82) is 0 Å². The molecule has 0 radical (unpaired) electrons. The highest BCUT2D eigenvalue weighted by Crippen LogP contribution is 2.46. The lowest BCUT2D eigenvalue weighted by atomic mass is 9.72. The van der Waals surface area contributed by atoms with Crippen LogP contribution in [0.5, 0.6) is 0 Å². The molecule has 3 unspecified atom stereocenters. The van der Waals surface area contributed by atoms with Gasteiger partial charge in [0.25, 0.3) is 0 Å². The van der Waals surface area contributed by atoms with Crippen molar-refractivity contribution in [3.8, 4) is 0 Å². The zero-order chi connectivity index (χ0) is 17.0. The van der Waals surface area contributed by atoms with E-state index in [1.54, 1.807) is 0 Å². The lowest BCUT2D eigenvalue weighted by Gasteiger charge is -2.42. The summed E-state index contributed by atoms with van der Waals surface area (Å²) in [6.07, 6.45) is 15.0. The zero-order valence-electron chi connectivity index (χ0n) is 16.2. The fraction of sp³-hybridized carbons (Fsp3) is 1.00. The molecule has 140 valence electrons. The van der Waals surface area contributed by atoms with E-state index in [1.807, 2.05) is 0 Å². The predicted molar refractivity (Wildman–Crippen MR) is 99.1 cm³/mol. The van der Waals surface area contributed by atoms with E-state index >= 15 is 0 Å². The summed E-state index contributed by atoms with van der Waals surface area (Å²) in [5.41, 5.74) is 0.0840. The standard InChI is InChI=1S/C21H39NO2/c1-20(2,15-17-10-6-4-7-11-17)21(3)23-16-19(24-21)14-18-12-8-5-9-13-22-18/h17-19,22H,4-16H2,1-3H3. The third-order valence-electron chi connectivity index (χ3n) is 6.90. The van der Waals surface area contributed by atoms with E-state index in [-0.39, 0.29) is 11.5 Å². The molecule has 0 aromatic rings. The lowest BCUT2D eigenvalue weighted by molar-refractivity contribution is -0.229. The van der Waals surface area contributed by atoms with Crippen LogP contribution < -0.4 is 5.32 Å². The Bertz CT molecular complexity index is 383. The summed E-state index contributed by atoms with van der Waals surface area (Å²) in [5.74, 6) is 0.445. The van der Waals surface area contributed by atoms with Gasteiger partial charge in [-0.25, -0.2) is 0 Å². The second-order valence-electron chi connectivity index (χ2n) is 9.32. The minimum Gasteiger partial charge on any atom is -0.347 e. The van der Waals surface area contributed by atoms with E-state index < -0.39 is 5.79 Å². The van der Waals surface area contributed by atoms with Gasteiger partial charge in [-0.15, -0.1) is 0 Å². The Morgan fingerprint density at radius 2 is 1.71 bits per heavy atom. The summed E-state index contributed by atoms with van der Waals surface area (Å²) < 4.78 is 12.8. The highest BCUT2D eigenvalue weighted by molar-refractivity contribution is 4.92. The summed E-state index contributed by atoms with van der Waals surface area (Å²) >= 11 is 0. The quantitative estimate of drug-likeness (QED) is 0.762. The number of hydrogen-bond donors (Lipinski definition) is 1. The van der Waals surface area contributed by atoms with Crippen LogP contribution in [-0.4, -0.2) is 31.1 Å². The Kier molecular flexibility index (Phi) is 6.26. The summed E-state index contributed by atoms with van der Waals surface area (Å²) in [6.45, 7) is 8.84. The van der Waals surface area contributed by atoms with Crippen molar-refractivity contribution >= 4 is 0 Å². The second-order valence-corrected chi connectivity index (χ2v) is 9.32. The molecular weight excluding hydrogens is 298 g/mol. The first kappa shape index (κ1) is 18.7. The molecule has 1 saturated carbocycles. The van der Waals surface area contributed by atoms with Crippen LogP contribution in [0, 0.1) is 11.3 Å². The van der Waals surface area contributed by atoms with Crippen LogP contribution in [0.3, 0.4) is 0 Å². The minimum atomic E-state index is -0.417. The topological polar surface area (TPSA) is 30.5 Å². The Morgan fingerprint density at radius 1 is 1.00 bits per heavy atom. The fourth-order valence-electron chi connectivity index (χ4n) is 5.03. The van der Waals surface area contributed by atoms with Gasteiger partial charge >= 0.3 is 0 Å². The third kappa shape index (κ3) is 4.53. The van der Waals surface area contributed by atoms with Gasteiger partial charge in [0.2, 0.25) is 0 Å². The van der Waals surface area contributed by atoms with Crippen molar-refractivity contribution in [2.45, 2.75) is 109 Å². The highest BCUT2D eigenvalue weighted by atomic mass is 16.7. The average molecular weight is 338 g/mol. The van der Waals surface area contributed by atoms with Crippen molar-refractivity contribution in [3.63, 3.8) is 0 Å². The summed E-state index contributed by atoms with van der Waals surface area (Å²) in [5, 5.41) is 3.70. The van der Waals surface area contributed by atoms with Gasteiger partial charge in [0, 0.05) is 11.5 Å². The number of ether oxygens (including phenoxy) is 2. The van der Waals surface area contributed by atoms with Crippen LogP contribution in [-0.2, 0) is 9.47 Å². The molecule has 3 heteroatoms. The van der Waals surface area contributed by atoms with Crippen molar-refractivity contribution in [3.05, 3.63) is 0 Å². The molecule has 0 spiro atoms. The summed E-state index contributed by atoms with van der Waals surface area (Å²) in [7, 11) is 0. The molecule has 2 heterocycles. The van der Waals surface area contributed by atoms with Crippen molar-refractivity contribution in [2.75, 3.05) is 13.2 Å². The fourth-order valence-corrected chi connectivity index (χ4v) is 5.03. The molecule has 3 fully saturated rings. The van der Waals surface area contributed by atoms with Gasteiger partial charge in [0.05, 0.1) is 12.7 Å². The Labute approximate surface area is 149 Å². The number of nitrogens with one attached hydrogen (secondary N) is 1. The van der Waals surface area contributed by atoms with Gasteiger partial charge in [0.1, 0.15) is 0 Å². The van der Waals surface area contributed by atoms with Crippen LogP contribution in [0.4, 0.5) is 0 Å². The Morgan fingerprint density at radius 3 is 2.50 bits per heavy atom. The molecule has 3 rings (SSSR count). The summed E-state index contributed by atoms with van der Waals surface area (Å²) in [6, 6.07) is 0.616. The summed E-state index contributed by atoms with van der Waals surface area (Å²) in [4.78, 5) is 0. The first-order valence-electron chi connectivity index (χ1n) is 10.5. The molecule has 1 aliphatic carbocycles. The van der Waals surface area contributed by atoms with Crippen molar-refractivity contribution in [2.24, 2.45) is 11.3 Å². The van der Waals surface area contributed by atoms with Crippen LogP contribution in [0.1, 0.15) is 91.4 Å². The molecule has 2 aliphatic heterocycles. The normalized spacial score (nSPS) is 36.6. The number of hydrogen-bond acceptors (Lipinski definition) is 3. The molecule has 3 aliphatic rings. The highest BCUT2D eigenvalue weighted by Gasteiger charge is 2.50. The molecule has 0 amide bonds. The van der Waals surface area contributed by atoms with E-state index in [0.717, 1.165) is 18.9 Å². The molecule has 1 N–H and O–H groups in total. The zero-order valence-corrected chi connectivity index (χ0v) is 16.2. The van der Waals surface area contributed by atoms with E-state index in [4.69, 9.17) is 9.47 Å². The van der Waals surface area contributed by atoms with Crippen LogP contribution in [0.2, 0.25) is 0 Å². The molecule has 3 nitrogen and oxygen atoms in total. The van der Waals surface area contributed by atoms with Crippen molar-refractivity contribution < 1.29 is 9.47 Å². The maximum Gasteiger partial charge on any atom is 0.171 e. The van der Waals surface area contributed by atoms with Crippen molar-refractivity contribution in [1.82, 2.24) is 5.32 Å². The first-order valence-corrected chi connectivity index (χ1v) is 10.5. The van der Waals surface area contributed by atoms with E-state index in [9.17, 15) is 0 Å². The molecule has 0 bridgehead atoms. The van der Waals surface area contributed by atoms with Gasteiger partial charge in [0.15, 0.2) is 5.79 Å². The molecule has 0 aromatic heterocycles. The maximum atomic E-state index is 6.54. The molecule has 2 saturated heterocycles. The van der Waals surface area contributed by atoms with E-state index in [1.165, 1.54) is 70.8 Å². The molecule has 3 atom stereocenters. The average Bonchev–Trinajstić information content (AvgIpc) is 2.77. The lowest BCUT2D eigenvalue weighted by Crippen LogP contribution is -2.45. The molecular formula is C21H39NO2. The minimum absolute atomic E-state index is 0.0840. The SMILES string of the molecule is CC(C)(CC1CCCCC1)C1(C)OCC(CC2CCCCCN2)O1. The predicted octanol–water partition coefficient (Wildman–Crippen LogP) is 5.04. The maximum absolute atomic E-state index is 6.54. The Balaban J connectivity index is 1.53. The van der Waals surface area contributed by atoms with E-state index in [0.29, 0.717) is 6.04 Å². The van der Waals surface area contributed by atoms with Crippen LogP contribution in [0.25, 0.3) is 0 Å². The Hall–Kier alpha value is -0.120. The third-order valence-corrected chi connectivity index (χ3v) is 6.90. The molecule has 0 aromatic carbocycles. The largest absolute Gasteiger partial charge is 0.347 e. The van der Waals surface area contributed by atoms with Crippen LogP contribution >= 0.6 is 0 Å². The smallest absolute Gasteiger partial charge is 0.171 e. The monoisotopic (exact) mass is 337 g/mol. The van der Waals surface area contributed by atoms with Gasteiger partial charge in [-0.2, -0.15) is 0 Å². The van der Waals surface area contributed by atoms with Gasteiger partial charge in [-0.1, -0.05) is 58.8 Å². The van der Waals surface area contributed by atoms with Gasteiger partial charge < -0.3 is 14.8 Å². The molecule has 24 heavy (non-hydrogen) atoms. The van der Waals surface area contributed by atoms with Crippen LogP contribution in [0.15, 0.2) is 0 Å². The first-order chi connectivity index (χ1) is 11.5. The second kappa shape index (κ2) is 8.05.